The average molecular weight is 474 g/mol. The number of ether oxygens (including phenoxy) is 2. The van der Waals surface area contributed by atoms with E-state index in [9.17, 15) is 9.59 Å². The minimum absolute atomic E-state index is 0.00243. The molecule has 9 heteroatoms. The number of hydrogen-bond donors (Lipinski definition) is 1. The highest BCUT2D eigenvalue weighted by atomic mass is 16.7. The molecule has 2 amide bonds. The molecule has 2 fully saturated rings. The molecule has 0 spiro atoms. The molecule has 1 aromatic rings. The van der Waals surface area contributed by atoms with Crippen LogP contribution in [0.25, 0.3) is 0 Å². The van der Waals surface area contributed by atoms with Crippen LogP contribution in [0.5, 0.6) is 5.75 Å². The first kappa shape index (κ1) is 26.4. The second-order valence-electron chi connectivity index (χ2n) is 11.2. The normalized spacial score (nSPS) is 21.8. The number of piperidine rings is 1. The van der Waals surface area contributed by atoms with Crippen LogP contribution in [-0.2, 0) is 25.3 Å². The van der Waals surface area contributed by atoms with Crippen molar-refractivity contribution in [1.29, 1.82) is 0 Å². The summed E-state index contributed by atoms with van der Waals surface area (Å²) < 4.78 is 23.2. The largest absolute Gasteiger partial charge is 0.496 e. The van der Waals surface area contributed by atoms with E-state index in [2.05, 4.69) is 5.32 Å². The second kappa shape index (κ2) is 9.78. The molecule has 1 N–H and O–H groups in total. The molecule has 1 atom stereocenters. The van der Waals surface area contributed by atoms with Crippen molar-refractivity contribution in [2.75, 3.05) is 20.2 Å². The maximum atomic E-state index is 13.1. The highest BCUT2D eigenvalue weighted by molar-refractivity contribution is 6.62. The molecular weight excluding hydrogens is 435 g/mol. The molecule has 0 bridgehead atoms. The monoisotopic (exact) mass is 474 g/mol. The van der Waals surface area contributed by atoms with Crippen molar-refractivity contribution in [3.63, 3.8) is 0 Å². The van der Waals surface area contributed by atoms with E-state index in [4.69, 9.17) is 18.8 Å². The number of alkyl carbamates (subject to hydrolysis) is 1. The number of nitrogens with one attached hydrogen (secondary N) is 1. The summed E-state index contributed by atoms with van der Waals surface area (Å²) in [7, 11) is 1.10. The zero-order valence-corrected chi connectivity index (χ0v) is 21.8. The van der Waals surface area contributed by atoms with Crippen LogP contribution in [0, 0.1) is 0 Å². The number of carbonyl (C=O) groups is 2. The zero-order valence-electron chi connectivity index (χ0n) is 21.8. The van der Waals surface area contributed by atoms with Gasteiger partial charge in [0.2, 0.25) is 5.91 Å². The summed E-state index contributed by atoms with van der Waals surface area (Å²) in [6.07, 6.45) is 1.40. The fourth-order valence-electron chi connectivity index (χ4n) is 4.10. The number of benzene rings is 1. The van der Waals surface area contributed by atoms with Gasteiger partial charge in [-0.05, 0) is 72.8 Å². The van der Waals surface area contributed by atoms with Crippen LogP contribution in [0.1, 0.15) is 66.9 Å². The lowest BCUT2D eigenvalue weighted by Gasteiger charge is -2.33. The molecule has 8 nitrogen and oxygen atoms in total. The van der Waals surface area contributed by atoms with E-state index in [0.29, 0.717) is 18.8 Å². The van der Waals surface area contributed by atoms with Gasteiger partial charge in [-0.3, -0.25) is 4.79 Å². The third kappa shape index (κ3) is 6.24. The molecule has 188 valence electrons. The Labute approximate surface area is 203 Å². The smallest absolute Gasteiger partial charge is 0.494 e. The first-order valence-corrected chi connectivity index (χ1v) is 12.0. The SMILES string of the molecule is COc1cc(B2OC(C)(C)C(C)(C)O2)ccc1CC(=O)N1CCC[C@H](NC(=O)OC(C)(C)C)C1. The van der Waals surface area contributed by atoms with Crippen molar-refractivity contribution in [2.45, 2.75) is 90.6 Å². The van der Waals surface area contributed by atoms with Crippen LogP contribution >= 0.6 is 0 Å². The quantitative estimate of drug-likeness (QED) is 0.661. The van der Waals surface area contributed by atoms with Crippen LogP contribution in [0.4, 0.5) is 4.79 Å². The molecule has 2 saturated heterocycles. The molecule has 0 aromatic heterocycles. The lowest BCUT2D eigenvalue weighted by Crippen LogP contribution is -2.50. The standard InChI is InChI=1S/C25H39BN2O6/c1-23(2,3)32-22(30)27-19-10-9-13-28(16-19)21(29)14-17-11-12-18(15-20(17)31-8)26-33-24(4,5)25(6,7)34-26/h11-12,15,19H,9-10,13-14,16H2,1-8H3,(H,27,30)/t19-/m0/s1. The summed E-state index contributed by atoms with van der Waals surface area (Å²) in [5.74, 6) is 0.623. The number of rotatable bonds is 5. The molecule has 1 aromatic carbocycles. The van der Waals surface area contributed by atoms with Crippen molar-refractivity contribution in [1.82, 2.24) is 10.2 Å². The van der Waals surface area contributed by atoms with Crippen molar-refractivity contribution in [3.05, 3.63) is 23.8 Å². The average Bonchev–Trinajstić information content (AvgIpc) is 2.94. The van der Waals surface area contributed by atoms with Crippen molar-refractivity contribution >= 4 is 24.6 Å². The molecule has 2 aliphatic rings. The van der Waals surface area contributed by atoms with Gasteiger partial charge in [0, 0.05) is 24.7 Å². The summed E-state index contributed by atoms with van der Waals surface area (Å²) in [4.78, 5) is 27.0. The van der Waals surface area contributed by atoms with Crippen LogP contribution in [0.3, 0.4) is 0 Å². The molecule has 2 aliphatic heterocycles. The van der Waals surface area contributed by atoms with Crippen LogP contribution in [0.2, 0.25) is 0 Å². The lowest BCUT2D eigenvalue weighted by atomic mass is 9.78. The topological polar surface area (TPSA) is 86.3 Å². The first-order valence-electron chi connectivity index (χ1n) is 12.0. The van der Waals surface area contributed by atoms with Gasteiger partial charge in [0.1, 0.15) is 11.4 Å². The van der Waals surface area contributed by atoms with Gasteiger partial charge in [0.25, 0.3) is 0 Å². The van der Waals surface area contributed by atoms with Gasteiger partial charge in [-0.2, -0.15) is 0 Å². The number of hydrogen-bond acceptors (Lipinski definition) is 6. The van der Waals surface area contributed by atoms with Crippen molar-refractivity contribution in [2.24, 2.45) is 0 Å². The van der Waals surface area contributed by atoms with E-state index >= 15 is 0 Å². The number of amides is 2. The fourth-order valence-corrected chi connectivity index (χ4v) is 4.10. The Balaban J connectivity index is 1.64. The van der Waals surface area contributed by atoms with E-state index in [-0.39, 0.29) is 18.4 Å². The van der Waals surface area contributed by atoms with Gasteiger partial charge in [-0.15, -0.1) is 0 Å². The third-order valence-electron chi connectivity index (χ3n) is 6.67. The van der Waals surface area contributed by atoms with E-state index in [0.717, 1.165) is 23.9 Å². The maximum absolute atomic E-state index is 13.1. The molecule has 0 radical (unpaired) electrons. The number of carbonyl (C=O) groups excluding carboxylic acids is 2. The zero-order chi connectivity index (χ0) is 25.3. The first-order chi connectivity index (χ1) is 15.7. The molecule has 0 aliphatic carbocycles. The molecular formula is C25H39BN2O6. The van der Waals surface area contributed by atoms with Gasteiger partial charge in [-0.1, -0.05) is 12.1 Å². The van der Waals surface area contributed by atoms with E-state index < -0.39 is 30.0 Å². The number of nitrogens with zero attached hydrogens (tertiary/aromatic N) is 1. The Kier molecular flexibility index (Phi) is 7.58. The van der Waals surface area contributed by atoms with E-state index in [1.165, 1.54) is 0 Å². The minimum Gasteiger partial charge on any atom is -0.496 e. The summed E-state index contributed by atoms with van der Waals surface area (Å²) in [5, 5.41) is 2.89. The van der Waals surface area contributed by atoms with E-state index in [1.807, 2.05) is 66.7 Å². The van der Waals surface area contributed by atoms with Gasteiger partial charge >= 0.3 is 13.2 Å². The van der Waals surface area contributed by atoms with Crippen molar-refractivity contribution in [3.8, 4) is 5.75 Å². The van der Waals surface area contributed by atoms with Gasteiger partial charge < -0.3 is 29.0 Å². The Hall–Kier alpha value is -2.26. The summed E-state index contributed by atoms with van der Waals surface area (Å²) in [5.41, 5.74) is 0.230. The summed E-state index contributed by atoms with van der Waals surface area (Å²) in [6, 6.07) is 5.59. The highest BCUT2D eigenvalue weighted by Crippen LogP contribution is 2.36. The Morgan fingerprint density at radius 2 is 1.82 bits per heavy atom. The molecule has 2 heterocycles. The Bertz CT molecular complexity index is 895. The van der Waals surface area contributed by atoms with E-state index in [1.54, 1.807) is 12.0 Å². The van der Waals surface area contributed by atoms with Crippen LogP contribution in [-0.4, -0.2) is 67.1 Å². The molecule has 34 heavy (non-hydrogen) atoms. The molecule has 3 rings (SSSR count). The Morgan fingerprint density at radius 3 is 2.41 bits per heavy atom. The molecule has 0 saturated carbocycles. The highest BCUT2D eigenvalue weighted by Gasteiger charge is 2.51. The number of likely N-dealkylation sites (tertiary alicyclic amines) is 1. The summed E-state index contributed by atoms with van der Waals surface area (Å²) in [6.45, 7) is 14.7. The van der Waals surface area contributed by atoms with Gasteiger partial charge in [0.05, 0.1) is 24.7 Å². The lowest BCUT2D eigenvalue weighted by molar-refractivity contribution is -0.131. The van der Waals surface area contributed by atoms with Crippen molar-refractivity contribution < 1.29 is 28.4 Å². The predicted octanol–water partition coefficient (Wildman–Crippen LogP) is 3.05. The fraction of sp³-hybridized carbons (Fsp3) is 0.680. The summed E-state index contributed by atoms with van der Waals surface area (Å²) >= 11 is 0. The molecule has 0 unspecified atom stereocenters. The van der Waals surface area contributed by atoms with Crippen LogP contribution in [0.15, 0.2) is 18.2 Å². The third-order valence-corrected chi connectivity index (χ3v) is 6.67. The minimum atomic E-state index is -0.558. The van der Waals surface area contributed by atoms with Crippen LogP contribution < -0.4 is 15.5 Å². The predicted molar refractivity (Wildman–Crippen MR) is 131 cm³/mol. The maximum Gasteiger partial charge on any atom is 0.494 e. The second-order valence-corrected chi connectivity index (χ2v) is 11.2. The number of methoxy groups -OCH3 is 1. The Morgan fingerprint density at radius 1 is 1.18 bits per heavy atom. The van der Waals surface area contributed by atoms with Gasteiger partial charge in [0.15, 0.2) is 0 Å². The van der Waals surface area contributed by atoms with Gasteiger partial charge in [-0.25, -0.2) is 4.79 Å².